The molecule has 4 nitrogen and oxygen atoms in total. The van der Waals surface area contributed by atoms with E-state index in [0.717, 1.165) is 66.7 Å². The quantitative estimate of drug-likeness (QED) is 0.161. The number of nitrogens with zero attached hydrogens (tertiary/aromatic N) is 3. The van der Waals surface area contributed by atoms with Crippen LogP contribution in [0.1, 0.15) is 8.22 Å². The van der Waals surface area contributed by atoms with Crippen molar-refractivity contribution in [3.63, 3.8) is 0 Å². The lowest BCUT2D eigenvalue weighted by atomic mass is 9.99. The second-order valence-corrected chi connectivity index (χ2v) is 16.1. The summed E-state index contributed by atoms with van der Waals surface area (Å²) in [6.45, 7) is 0. The predicted molar refractivity (Wildman–Crippen MR) is 258 cm³/mol. The molecule has 0 aliphatic carbocycles. The van der Waals surface area contributed by atoms with Crippen LogP contribution in [0.15, 0.2) is 217 Å². The van der Waals surface area contributed by atoms with Gasteiger partial charge in [-0.15, -0.1) is 11.3 Å². The number of benzene rings is 9. The molecule has 0 spiro atoms. The molecule has 0 aliphatic rings. The van der Waals surface area contributed by atoms with Crippen molar-refractivity contribution in [2.45, 2.75) is 0 Å². The van der Waals surface area contributed by atoms with Gasteiger partial charge in [0.1, 0.15) is 11.2 Å². The number of para-hydroxylation sites is 2. The zero-order valence-corrected chi connectivity index (χ0v) is 33.7. The van der Waals surface area contributed by atoms with E-state index in [0.29, 0.717) is 54.1 Å². The van der Waals surface area contributed by atoms with Gasteiger partial charge in [0.2, 0.25) is 0 Å². The van der Waals surface area contributed by atoms with Crippen LogP contribution in [0.25, 0.3) is 121 Å². The Kier molecular flexibility index (Phi) is 7.25. The highest BCUT2D eigenvalue weighted by Crippen LogP contribution is 2.43. The average Bonchev–Trinajstić information content (AvgIpc) is 3.99. The smallest absolute Gasteiger partial charge is 0.164 e. The summed E-state index contributed by atoms with van der Waals surface area (Å²) in [5, 5.41) is 2.77. The van der Waals surface area contributed by atoms with Crippen molar-refractivity contribution in [3.05, 3.63) is 212 Å². The topological polar surface area (TPSA) is 51.8 Å². The zero-order chi connectivity index (χ0) is 46.2. The summed E-state index contributed by atoms with van der Waals surface area (Å²) in [5.74, 6) is 0.703. The molecule has 0 unspecified atom stereocenters. The van der Waals surface area contributed by atoms with E-state index in [9.17, 15) is 4.11 Å². The predicted octanol–water partition coefficient (Wildman–Crippen LogP) is 15.8. The van der Waals surface area contributed by atoms with Crippen LogP contribution in [-0.4, -0.2) is 15.0 Å². The SMILES string of the molecule is [2H]c1c([2H])c(-c2ccccc2)c2c(sc3c([2H])c(-c4nc(-c5ccc(-c6ccccc6)cc5)nc(-c5ccc(-c6cccc7c6oc6c(-c8ccccc8)cccc67)cc5)n4)c([2H])c([2H])c32)c1[2H]. The average molecular weight is 816 g/mol. The minimum Gasteiger partial charge on any atom is -0.455 e. The van der Waals surface area contributed by atoms with Crippen LogP contribution in [0.4, 0.5) is 0 Å². The van der Waals surface area contributed by atoms with E-state index < -0.39 is 0 Å². The van der Waals surface area contributed by atoms with E-state index in [1.54, 1.807) is 0 Å². The van der Waals surface area contributed by atoms with Crippen LogP contribution < -0.4 is 0 Å². The van der Waals surface area contributed by atoms with E-state index in [4.69, 9.17) is 23.5 Å². The molecule has 0 saturated carbocycles. The fourth-order valence-corrected chi connectivity index (χ4v) is 9.28. The summed E-state index contributed by atoms with van der Waals surface area (Å²) in [6, 6.07) is 56.6. The molecule has 9 aromatic carbocycles. The lowest BCUT2D eigenvalue weighted by Gasteiger charge is -2.10. The van der Waals surface area contributed by atoms with Gasteiger partial charge in [0.15, 0.2) is 17.5 Å². The zero-order valence-electron chi connectivity index (χ0n) is 38.9. The number of hydrogen-bond acceptors (Lipinski definition) is 5. The summed E-state index contributed by atoms with van der Waals surface area (Å²) in [7, 11) is 0. The molecule has 62 heavy (non-hydrogen) atoms. The van der Waals surface area contributed by atoms with Gasteiger partial charge in [0.05, 0.1) is 8.22 Å². The van der Waals surface area contributed by atoms with Gasteiger partial charge >= 0.3 is 0 Å². The van der Waals surface area contributed by atoms with Crippen molar-refractivity contribution in [1.82, 2.24) is 15.0 Å². The molecule has 0 bridgehead atoms. The highest BCUT2D eigenvalue weighted by atomic mass is 32.1. The Bertz CT molecular complexity index is 3950. The Balaban J connectivity index is 1.02. The molecular formula is C57H35N3OS. The number of aromatic nitrogens is 3. The van der Waals surface area contributed by atoms with Gasteiger partial charge in [-0.25, -0.2) is 15.0 Å². The maximum atomic E-state index is 9.71. The molecule has 0 N–H and O–H groups in total. The maximum Gasteiger partial charge on any atom is 0.164 e. The normalized spacial score (nSPS) is 12.9. The third kappa shape index (κ3) is 6.26. The molecule has 12 rings (SSSR count). The largest absolute Gasteiger partial charge is 0.455 e. The first-order chi connectivity index (χ1) is 33.2. The van der Waals surface area contributed by atoms with E-state index >= 15 is 0 Å². The van der Waals surface area contributed by atoms with Gasteiger partial charge in [-0.1, -0.05) is 200 Å². The number of hydrogen-bond donors (Lipinski definition) is 0. The minimum atomic E-state index is -0.263. The number of furan rings is 1. The van der Waals surface area contributed by atoms with Crippen molar-refractivity contribution in [3.8, 4) is 78.7 Å². The van der Waals surface area contributed by atoms with Crippen molar-refractivity contribution in [2.24, 2.45) is 0 Å². The molecule has 290 valence electrons. The third-order valence-corrected chi connectivity index (χ3v) is 12.3. The molecule has 0 aliphatic heterocycles. The second-order valence-electron chi connectivity index (χ2n) is 15.0. The Labute approximate surface area is 370 Å². The lowest BCUT2D eigenvalue weighted by molar-refractivity contribution is 0.671. The molecule has 0 radical (unpaired) electrons. The van der Waals surface area contributed by atoms with Crippen LogP contribution >= 0.6 is 11.3 Å². The Hall–Kier alpha value is -7.99. The Morgan fingerprint density at radius 2 is 0.823 bits per heavy atom. The molecule has 0 saturated heterocycles. The van der Waals surface area contributed by atoms with Crippen LogP contribution in [0, 0.1) is 0 Å². The molecular weight excluding hydrogens is 775 g/mol. The highest BCUT2D eigenvalue weighted by Gasteiger charge is 2.18. The number of fused-ring (bicyclic) bond motifs is 6. The summed E-state index contributed by atoms with van der Waals surface area (Å²) >= 11 is 1.12. The third-order valence-electron chi connectivity index (χ3n) is 11.3. The van der Waals surface area contributed by atoms with Gasteiger partial charge in [-0.3, -0.25) is 0 Å². The van der Waals surface area contributed by atoms with Crippen LogP contribution in [0.3, 0.4) is 0 Å². The van der Waals surface area contributed by atoms with E-state index in [2.05, 4.69) is 42.5 Å². The van der Waals surface area contributed by atoms with E-state index in [1.807, 2.05) is 133 Å². The first kappa shape index (κ1) is 30.1. The molecule has 3 heterocycles. The fourth-order valence-electron chi connectivity index (χ4n) is 8.26. The van der Waals surface area contributed by atoms with E-state index in [1.165, 1.54) is 0 Å². The summed E-state index contributed by atoms with van der Waals surface area (Å²) in [4.78, 5) is 14.9. The van der Waals surface area contributed by atoms with Crippen LogP contribution in [0.5, 0.6) is 0 Å². The molecule has 0 atom stereocenters. The minimum absolute atomic E-state index is 0.0490. The highest BCUT2D eigenvalue weighted by molar-refractivity contribution is 7.26. The molecule has 0 fully saturated rings. The van der Waals surface area contributed by atoms with Gasteiger partial charge in [-0.05, 0) is 45.5 Å². The van der Waals surface area contributed by atoms with Gasteiger partial charge in [-0.2, -0.15) is 0 Å². The first-order valence-corrected chi connectivity index (χ1v) is 21.1. The van der Waals surface area contributed by atoms with Gasteiger partial charge in [0, 0.05) is 58.8 Å². The lowest BCUT2D eigenvalue weighted by Crippen LogP contribution is -2.00. The van der Waals surface area contributed by atoms with Crippen molar-refractivity contribution >= 4 is 53.4 Å². The molecule has 3 aromatic heterocycles. The van der Waals surface area contributed by atoms with Crippen molar-refractivity contribution < 1.29 is 12.6 Å². The summed E-state index contributed by atoms with van der Waals surface area (Å²) in [5.41, 5.74) is 10.1. The van der Waals surface area contributed by atoms with E-state index in [-0.39, 0.29) is 47.6 Å². The monoisotopic (exact) mass is 815 g/mol. The van der Waals surface area contributed by atoms with Crippen LogP contribution in [0.2, 0.25) is 0 Å². The number of rotatable bonds is 7. The summed E-state index contributed by atoms with van der Waals surface area (Å²) in [6.07, 6.45) is 0. The van der Waals surface area contributed by atoms with Crippen molar-refractivity contribution in [1.29, 1.82) is 0 Å². The van der Waals surface area contributed by atoms with Gasteiger partial charge in [0.25, 0.3) is 0 Å². The molecule has 12 aromatic rings. The second kappa shape index (κ2) is 14.9. The summed E-state index contributed by atoms with van der Waals surface area (Å²) < 4.78 is 62.8. The fraction of sp³-hybridized carbons (Fsp3) is 0. The first-order valence-electron chi connectivity index (χ1n) is 23.3. The molecule has 0 amide bonds. The number of thiophene rings is 1. The Morgan fingerprint density at radius 1 is 0.355 bits per heavy atom. The van der Waals surface area contributed by atoms with Crippen molar-refractivity contribution in [2.75, 3.05) is 0 Å². The maximum absolute atomic E-state index is 9.71. The molecule has 5 heteroatoms. The standard InChI is InChI=1S/C57H35N3OS/c1-4-13-36(14-5-1)37-25-29-41(30-26-37)55-58-56(60-57(59-55)43-33-34-49-51(35-43)62-50-24-12-19-44(52(49)50)38-15-6-2-7-16-38)42-31-27-40(28-32-42)46-21-11-23-48-47-22-10-20-45(53(47)61-54(46)48)39-17-8-3-9-18-39/h1-35H/i12D,19D,24D,33D,34D,35D. The van der Waals surface area contributed by atoms with Crippen LogP contribution in [-0.2, 0) is 0 Å². The Morgan fingerprint density at radius 3 is 1.40 bits per heavy atom. The van der Waals surface area contributed by atoms with Gasteiger partial charge < -0.3 is 4.42 Å².